The van der Waals surface area contributed by atoms with Gasteiger partial charge >= 0.3 is 0 Å². The zero-order valence-electron chi connectivity index (χ0n) is 13.7. The Labute approximate surface area is 145 Å². The van der Waals surface area contributed by atoms with Crippen LogP contribution in [0.1, 0.15) is 24.4 Å². The van der Waals surface area contributed by atoms with E-state index in [1.807, 2.05) is 50.2 Å². The lowest BCUT2D eigenvalue weighted by Crippen LogP contribution is -2.07. The minimum Gasteiger partial charge on any atom is -0.495 e. The van der Waals surface area contributed by atoms with Crippen LogP contribution in [-0.4, -0.2) is 17.3 Å². The Morgan fingerprint density at radius 1 is 1.12 bits per heavy atom. The predicted octanol–water partition coefficient (Wildman–Crippen LogP) is 4.88. The van der Waals surface area contributed by atoms with Gasteiger partial charge in [-0.15, -0.1) is 10.2 Å². The smallest absolute Gasteiger partial charge is 0.247 e. The normalized spacial score (nSPS) is 12.0. The zero-order chi connectivity index (χ0) is 17.1. The lowest BCUT2D eigenvalue weighted by atomic mass is 10.1. The van der Waals surface area contributed by atoms with E-state index in [0.717, 1.165) is 11.3 Å². The van der Waals surface area contributed by atoms with E-state index in [-0.39, 0.29) is 6.04 Å². The Morgan fingerprint density at radius 3 is 2.54 bits per heavy atom. The zero-order valence-corrected chi connectivity index (χ0v) is 14.5. The van der Waals surface area contributed by atoms with Crippen molar-refractivity contribution in [3.8, 4) is 17.2 Å². The molecule has 6 heteroatoms. The van der Waals surface area contributed by atoms with Gasteiger partial charge in [-0.2, -0.15) is 0 Å². The number of benzene rings is 2. The summed E-state index contributed by atoms with van der Waals surface area (Å²) in [6, 6.07) is 13.3. The maximum absolute atomic E-state index is 6.14. The molecule has 0 bridgehead atoms. The molecule has 1 aromatic heterocycles. The number of aryl methyl sites for hydroxylation is 1. The van der Waals surface area contributed by atoms with Crippen LogP contribution in [0.3, 0.4) is 0 Å². The largest absolute Gasteiger partial charge is 0.495 e. The lowest BCUT2D eigenvalue weighted by molar-refractivity contribution is 0.415. The van der Waals surface area contributed by atoms with Crippen LogP contribution >= 0.6 is 11.6 Å². The second-order valence-corrected chi connectivity index (χ2v) is 5.93. The molecule has 1 atom stereocenters. The maximum Gasteiger partial charge on any atom is 0.247 e. The van der Waals surface area contributed by atoms with Gasteiger partial charge in [-0.05, 0) is 44.2 Å². The highest BCUT2D eigenvalue weighted by Crippen LogP contribution is 2.29. The fourth-order valence-electron chi connectivity index (χ4n) is 2.29. The van der Waals surface area contributed by atoms with E-state index in [1.165, 1.54) is 5.56 Å². The van der Waals surface area contributed by atoms with Gasteiger partial charge in [0.05, 0.1) is 12.1 Å². The van der Waals surface area contributed by atoms with Crippen LogP contribution < -0.4 is 10.1 Å². The molecule has 0 radical (unpaired) electrons. The maximum atomic E-state index is 6.14. The van der Waals surface area contributed by atoms with Crippen molar-refractivity contribution in [1.82, 2.24) is 10.2 Å². The molecule has 2 aromatic carbocycles. The minimum atomic E-state index is -0.152. The Kier molecular flexibility index (Phi) is 4.71. The highest BCUT2D eigenvalue weighted by molar-refractivity contribution is 6.32. The monoisotopic (exact) mass is 343 g/mol. The molecule has 0 aliphatic carbocycles. The molecule has 0 fully saturated rings. The summed E-state index contributed by atoms with van der Waals surface area (Å²) in [5, 5.41) is 12.1. The number of halogens is 1. The first-order valence-electron chi connectivity index (χ1n) is 7.57. The van der Waals surface area contributed by atoms with Crippen molar-refractivity contribution in [2.45, 2.75) is 19.9 Å². The molecular weight excluding hydrogens is 326 g/mol. The van der Waals surface area contributed by atoms with Gasteiger partial charge in [0.2, 0.25) is 11.8 Å². The second-order valence-electron chi connectivity index (χ2n) is 5.53. The summed E-state index contributed by atoms with van der Waals surface area (Å²) < 4.78 is 10.9. The van der Waals surface area contributed by atoms with Crippen molar-refractivity contribution in [3.05, 3.63) is 58.9 Å². The van der Waals surface area contributed by atoms with Crippen molar-refractivity contribution in [1.29, 1.82) is 0 Å². The van der Waals surface area contributed by atoms with E-state index >= 15 is 0 Å². The predicted molar refractivity (Wildman–Crippen MR) is 94.5 cm³/mol. The Morgan fingerprint density at radius 2 is 1.88 bits per heavy atom. The molecular formula is C18H18ClN3O2. The minimum absolute atomic E-state index is 0.152. The molecule has 0 aliphatic heterocycles. The Bertz CT molecular complexity index is 831. The van der Waals surface area contributed by atoms with Crippen LogP contribution in [0, 0.1) is 6.92 Å². The average molecular weight is 344 g/mol. The summed E-state index contributed by atoms with van der Waals surface area (Å²) in [5.41, 5.74) is 2.94. The van der Waals surface area contributed by atoms with Crippen molar-refractivity contribution in [2.75, 3.05) is 12.4 Å². The fourth-order valence-corrected chi connectivity index (χ4v) is 2.55. The third kappa shape index (κ3) is 3.51. The number of rotatable bonds is 5. The van der Waals surface area contributed by atoms with E-state index in [0.29, 0.717) is 22.6 Å². The van der Waals surface area contributed by atoms with Crippen LogP contribution in [0.25, 0.3) is 11.5 Å². The second kappa shape index (κ2) is 6.93. The highest BCUT2D eigenvalue weighted by atomic mass is 35.5. The molecule has 1 unspecified atom stereocenters. The Hall–Kier alpha value is -2.53. The summed E-state index contributed by atoms with van der Waals surface area (Å²) in [6.45, 7) is 3.99. The topological polar surface area (TPSA) is 60.2 Å². The van der Waals surface area contributed by atoms with Gasteiger partial charge < -0.3 is 14.5 Å². The van der Waals surface area contributed by atoms with Gasteiger partial charge in [-0.1, -0.05) is 29.3 Å². The molecule has 3 aromatic rings. The van der Waals surface area contributed by atoms with E-state index < -0.39 is 0 Å². The summed E-state index contributed by atoms with van der Waals surface area (Å²) in [5.74, 6) is 1.65. The molecule has 24 heavy (non-hydrogen) atoms. The number of methoxy groups -OCH3 is 1. The van der Waals surface area contributed by atoms with Crippen molar-refractivity contribution in [3.63, 3.8) is 0 Å². The van der Waals surface area contributed by atoms with Crippen LogP contribution in [0.4, 0.5) is 5.69 Å². The van der Waals surface area contributed by atoms with Crippen molar-refractivity contribution in [2.24, 2.45) is 0 Å². The van der Waals surface area contributed by atoms with E-state index in [2.05, 4.69) is 15.5 Å². The standard InChI is InChI=1S/C18H18ClN3O2/c1-11-4-6-13(7-5-11)18-22-21-17(24-18)12(2)20-14-8-9-16(23-3)15(19)10-14/h4-10,12,20H,1-3H3. The molecule has 1 N–H and O–H groups in total. The average Bonchev–Trinajstić information content (AvgIpc) is 3.06. The molecule has 3 rings (SSSR count). The first-order chi connectivity index (χ1) is 11.6. The molecule has 1 heterocycles. The number of ether oxygens (including phenoxy) is 1. The molecule has 0 aliphatic rings. The summed E-state index contributed by atoms with van der Waals surface area (Å²) >= 11 is 6.14. The Balaban J connectivity index is 1.75. The fraction of sp³-hybridized carbons (Fsp3) is 0.222. The van der Waals surface area contributed by atoms with Crippen LogP contribution in [0.2, 0.25) is 5.02 Å². The van der Waals surface area contributed by atoms with Crippen molar-refractivity contribution >= 4 is 17.3 Å². The quantitative estimate of drug-likeness (QED) is 0.715. The number of nitrogens with zero attached hydrogens (tertiary/aromatic N) is 2. The van der Waals surface area contributed by atoms with Crippen LogP contribution in [-0.2, 0) is 0 Å². The van der Waals surface area contributed by atoms with Gasteiger partial charge in [-0.25, -0.2) is 0 Å². The van der Waals surface area contributed by atoms with Gasteiger partial charge in [0, 0.05) is 11.3 Å². The number of aromatic nitrogens is 2. The van der Waals surface area contributed by atoms with Crippen molar-refractivity contribution < 1.29 is 9.15 Å². The SMILES string of the molecule is COc1ccc(NC(C)c2nnc(-c3ccc(C)cc3)o2)cc1Cl. The van der Waals surface area contributed by atoms with Gasteiger partial charge in [0.25, 0.3) is 0 Å². The summed E-state index contributed by atoms with van der Waals surface area (Å²) in [7, 11) is 1.59. The molecule has 0 saturated carbocycles. The molecule has 0 amide bonds. The number of hydrogen-bond donors (Lipinski definition) is 1. The first kappa shape index (κ1) is 16.3. The highest BCUT2D eigenvalue weighted by Gasteiger charge is 2.15. The number of hydrogen-bond acceptors (Lipinski definition) is 5. The van der Waals surface area contributed by atoms with E-state index in [1.54, 1.807) is 13.2 Å². The first-order valence-corrected chi connectivity index (χ1v) is 7.95. The molecule has 124 valence electrons. The molecule has 5 nitrogen and oxygen atoms in total. The molecule has 0 spiro atoms. The number of nitrogens with one attached hydrogen (secondary N) is 1. The third-order valence-corrected chi connectivity index (χ3v) is 3.94. The summed E-state index contributed by atoms with van der Waals surface area (Å²) in [4.78, 5) is 0. The summed E-state index contributed by atoms with van der Waals surface area (Å²) in [6.07, 6.45) is 0. The third-order valence-electron chi connectivity index (χ3n) is 3.64. The van der Waals surface area contributed by atoms with E-state index in [4.69, 9.17) is 20.8 Å². The lowest BCUT2D eigenvalue weighted by Gasteiger charge is -2.12. The number of anilines is 1. The van der Waals surface area contributed by atoms with Gasteiger partial charge in [0.1, 0.15) is 11.8 Å². The van der Waals surface area contributed by atoms with E-state index in [9.17, 15) is 0 Å². The van der Waals surface area contributed by atoms with Gasteiger partial charge in [-0.3, -0.25) is 0 Å². The van der Waals surface area contributed by atoms with Crippen LogP contribution in [0.15, 0.2) is 46.9 Å². The molecule has 0 saturated heterocycles. The van der Waals surface area contributed by atoms with Gasteiger partial charge in [0.15, 0.2) is 0 Å². The van der Waals surface area contributed by atoms with Crippen LogP contribution in [0.5, 0.6) is 5.75 Å².